The van der Waals surface area contributed by atoms with Crippen LogP contribution in [0.3, 0.4) is 0 Å². The molecule has 6 nitrogen and oxygen atoms in total. The van der Waals surface area contributed by atoms with Gasteiger partial charge in [0.05, 0.1) is 12.3 Å². The predicted octanol–water partition coefficient (Wildman–Crippen LogP) is 4.31. The normalized spacial score (nSPS) is 15.8. The van der Waals surface area contributed by atoms with Crippen molar-refractivity contribution in [3.63, 3.8) is 0 Å². The van der Waals surface area contributed by atoms with Gasteiger partial charge in [0.2, 0.25) is 0 Å². The number of nitrogens with one attached hydrogen (secondary N) is 2. The fourth-order valence-electron chi connectivity index (χ4n) is 3.88. The maximum absolute atomic E-state index is 13.5. The molecule has 2 aromatic carbocycles. The molecule has 3 aromatic rings. The van der Waals surface area contributed by atoms with Crippen LogP contribution in [0.25, 0.3) is 11.3 Å². The summed E-state index contributed by atoms with van der Waals surface area (Å²) in [5.41, 5.74) is 3.22. The Morgan fingerprint density at radius 3 is 2.87 bits per heavy atom. The van der Waals surface area contributed by atoms with Gasteiger partial charge in [0.1, 0.15) is 11.6 Å². The standard InChI is InChI=1S/C24H27FN4O2/c1-16-14-17(5-7-21(16)25)24(30)28-19-6-8-23(31-13-10-18-4-3-11-26-18)20(15-19)22-9-12-27-29(22)2/h5-9,12,14-15,18,26H,3-4,10-11,13H2,1-2H3,(H,28,30). The van der Waals surface area contributed by atoms with Crippen LogP contribution in [0.15, 0.2) is 48.7 Å². The first kappa shape index (κ1) is 21.1. The maximum atomic E-state index is 13.5. The Kier molecular flexibility index (Phi) is 6.32. The molecular weight excluding hydrogens is 395 g/mol. The van der Waals surface area contributed by atoms with E-state index in [0.29, 0.717) is 29.5 Å². The lowest BCUT2D eigenvalue weighted by Crippen LogP contribution is -2.23. The summed E-state index contributed by atoms with van der Waals surface area (Å²) in [5, 5.41) is 10.6. The van der Waals surface area contributed by atoms with Crippen molar-refractivity contribution in [2.24, 2.45) is 7.05 Å². The van der Waals surface area contributed by atoms with Crippen molar-refractivity contribution in [1.29, 1.82) is 0 Å². The second kappa shape index (κ2) is 9.31. The zero-order chi connectivity index (χ0) is 21.8. The molecule has 31 heavy (non-hydrogen) atoms. The summed E-state index contributed by atoms with van der Waals surface area (Å²) in [6.07, 6.45) is 5.08. The highest BCUT2D eigenvalue weighted by molar-refractivity contribution is 6.04. The summed E-state index contributed by atoms with van der Waals surface area (Å²) >= 11 is 0. The lowest BCUT2D eigenvalue weighted by Gasteiger charge is -2.16. The quantitative estimate of drug-likeness (QED) is 0.596. The highest BCUT2D eigenvalue weighted by Gasteiger charge is 2.16. The second-order valence-corrected chi connectivity index (χ2v) is 7.90. The number of aromatic nitrogens is 2. The van der Waals surface area contributed by atoms with E-state index in [4.69, 9.17) is 4.74 Å². The smallest absolute Gasteiger partial charge is 0.255 e. The zero-order valence-electron chi connectivity index (χ0n) is 17.8. The maximum Gasteiger partial charge on any atom is 0.255 e. The fraction of sp³-hybridized carbons (Fsp3) is 0.333. The van der Waals surface area contributed by atoms with Crippen molar-refractivity contribution >= 4 is 11.6 Å². The molecule has 1 amide bonds. The number of ether oxygens (including phenoxy) is 1. The summed E-state index contributed by atoms with van der Waals surface area (Å²) in [4.78, 5) is 12.7. The van der Waals surface area contributed by atoms with E-state index in [1.165, 1.54) is 25.0 Å². The Labute approximate surface area is 181 Å². The molecule has 0 spiro atoms. The monoisotopic (exact) mass is 422 g/mol. The van der Waals surface area contributed by atoms with Gasteiger partial charge in [-0.15, -0.1) is 0 Å². The number of carbonyl (C=O) groups excluding carboxylic acids is 1. The first-order chi connectivity index (χ1) is 15.0. The van der Waals surface area contributed by atoms with E-state index in [-0.39, 0.29) is 11.7 Å². The predicted molar refractivity (Wildman–Crippen MR) is 119 cm³/mol. The van der Waals surface area contributed by atoms with E-state index in [2.05, 4.69) is 15.7 Å². The minimum atomic E-state index is -0.329. The number of carbonyl (C=O) groups is 1. The number of nitrogens with zero attached hydrogens (tertiary/aromatic N) is 2. The molecule has 0 bridgehead atoms. The molecule has 2 heterocycles. The van der Waals surface area contributed by atoms with Crippen LogP contribution in [-0.4, -0.2) is 34.9 Å². The van der Waals surface area contributed by atoms with Crippen LogP contribution in [0.4, 0.5) is 10.1 Å². The van der Waals surface area contributed by atoms with Crippen molar-refractivity contribution in [2.75, 3.05) is 18.5 Å². The molecule has 1 saturated heterocycles. The van der Waals surface area contributed by atoms with Crippen molar-refractivity contribution in [3.05, 3.63) is 65.6 Å². The topological polar surface area (TPSA) is 68.2 Å². The molecule has 7 heteroatoms. The number of amides is 1. The lowest BCUT2D eigenvalue weighted by molar-refractivity contribution is 0.102. The van der Waals surface area contributed by atoms with Crippen molar-refractivity contribution in [2.45, 2.75) is 32.2 Å². The van der Waals surface area contributed by atoms with Crippen LogP contribution < -0.4 is 15.4 Å². The highest BCUT2D eigenvalue weighted by atomic mass is 19.1. The molecule has 1 aromatic heterocycles. The van der Waals surface area contributed by atoms with Crippen LogP contribution in [-0.2, 0) is 7.05 Å². The zero-order valence-corrected chi connectivity index (χ0v) is 17.8. The summed E-state index contributed by atoms with van der Waals surface area (Å²) in [5.74, 6) is 0.126. The highest BCUT2D eigenvalue weighted by Crippen LogP contribution is 2.33. The van der Waals surface area contributed by atoms with Gasteiger partial charge in [0.25, 0.3) is 5.91 Å². The molecule has 0 radical (unpaired) electrons. The number of anilines is 1. The van der Waals surface area contributed by atoms with Gasteiger partial charge in [0, 0.05) is 36.1 Å². The Morgan fingerprint density at radius 1 is 1.29 bits per heavy atom. The van der Waals surface area contributed by atoms with E-state index in [0.717, 1.165) is 30.0 Å². The molecule has 0 aliphatic carbocycles. The molecule has 1 atom stereocenters. The SMILES string of the molecule is Cc1cc(C(=O)Nc2ccc(OCCC3CCCN3)c(-c3ccnn3C)c2)ccc1F. The summed E-state index contributed by atoms with van der Waals surface area (Å²) in [6.45, 7) is 3.33. The summed E-state index contributed by atoms with van der Waals surface area (Å²) < 4.78 is 21.4. The second-order valence-electron chi connectivity index (χ2n) is 7.90. The van der Waals surface area contributed by atoms with Gasteiger partial charge in [-0.3, -0.25) is 9.48 Å². The number of aryl methyl sites for hydroxylation is 2. The van der Waals surface area contributed by atoms with Gasteiger partial charge in [-0.1, -0.05) is 0 Å². The lowest BCUT2D eigenvalue weighted by atomic mass is 10.1. The molecule has 1 aliphatic heterocycles. The largest absolute Gasteiger partial charge is 0.493 e. The van der Waals surface area contributed by atoms with Gasteiger partial charge in [-0.05, 0) is 80.8 Å². The molecule has 1 aliphatic rings. The first-order valence-corrected chi connectivity index (χ1v) is 10.6. The van der Waals surface area contributed by atoms with Gasteiger partial charge in [0.15, 0.2) is 0 Å². The number of hydrogen-bond donors (Lipinski definition) is 2. The van der Waals surface area contributed by atoms with Crippen molar-refractivity contribution in [1.82, 2.24) is 15.1 Å². The third-order valence-corrected chi connectivity index (χ3v) is 5.64. The molecule has 1 unspecified atom stereocenters. The third-order valence-electron chi connectivity index (χ3n) is 5.64. The number of rotatable bonds is 7. The van der Waals surface area contributed by atoms with Crippen molar-refractivity contribution in [3.8, 4) is 17.0 Å². The average Bonchev–Trinajstić information content (AvgIpc) is 3.42. The molecule has 162 valence electrons. The van der Waals surface area contributed by atoms with Crippen LogP contribution in [0.1, 0.15) is 35.2 Å². The Balaban J connectivity index is 1.54. The Hall–Kier alpha value is -3.19. The van der Waals surface area contributed by atoms with Crippen LogP contribution in [0.5, 0.6) is 5.75 Å². The first-order valence-electron chi connectivity index (χ1n) is 10.6. The molecule has 0 saturated carbocycles. The number of benzene rings is 2. The Bertz CT molecular complexity index is 1070. The number of halogens is 1. The molecule has 1 fully saturated rings. The number of hydrogen-bond acceptors (Lipinski definition) is 4. The van der Waals surface area contributed by atoms with Gasteiger partial charge in [-0.25, -0.2) is 4.39 Å². The molecule has 4 rings (SSSR count). The van der Waals surface area contributed by atoms with Gasteiger partial charge >= 0.3 is 0 Å². The van der Waals surface area contributed by atoms with E-state index in [1.54, 1.807) is 23.9 Å². The summed E-state index contributed by atoms with van der Waals surface area (Å²) in [6, 6.07) is 12.3. The van der Waals surface area contributed by atoms with Crippen LogP contribution in [0, 0.1) is 12.7 Å². The third kappa shape index (κ3) is 4.94. The van der Waals surface area contributed by atoms with E-state index < -0.39 is 0 Å². The Morgan fingerprint density at radius 2 is 2.16 bits per heavy atom. The van der Waals surface area contributed by atoms with Gasteiger partial charge in [-0.2, -0.15) is 5.10 Å². The summed E-state index contributed by atoms with van der Waals surface area (Å²) in [7, 11) is 1.87. The fourth-order valence-corrected chi connectivity index (χ4v) is 3.88. The van der Waals surface area contributed by atoms with E-state index in [1.807, 2.05) is 31.3 Å². The van der Waals surface area contributed by atoms with Crippen LogP contribution >= 0.6 is 0 Å². The molecule has 2 N–H and O–H groups in total. The van der Waals surface area contributed by atoms with Crippen molar-refractivity contribution < 1.29 is 13.9 Å². The average molecular weight is 423 g/mol. The minimum absolute atomic E-state index is 0.292. The minimum Gasteiger partial charge on any atom is -0.493 e. The van der Waals surface area contributed by atoms with Gasteiger partial charge < -0.3 is 15.4 Å². The molecular formula is C24H27FN4O2. The van der Waals surface area contributed by atoms with E-state index in [9.17, 15) is 9.18 Å². The van der Waals surface area contributed by atoms with Crippen LogP contribution in [0.2, 0.25) is 0 Å². The van der Waals surface area contributed by atoms with E-state index >= 15 is 0 Å².